The number of aromatic hydroxyl groups is 3. The highest BCUT2D eigenvalue weighted by Gasteiger charge is 2.22. The van der Waals surface area contributed by atoms with E-state index in [-0.39, 0.29) is 24.6 Å². The van der Waals surface area contributed by atoms with Crippen molar-refractivity contribution in [2.45, 2.75) is 20.3 Å². The van der Waals surface area contributed by atoms with Crippen molar-refractivity contribution in [3.8, 4) is 17.2 Å². The third-order valence-corrected chi connectivity index (χ3v) is 2.54. The third-order valence-electron chi connectivity index (χ3n) is 2.54. The van der Waals surface area contributed by atoms with Crippen LogP contribution in [-0.4, -0.2) is 27.9 Å². The summed E-state index contributed by atoms with van der Waals surface area (Å²) in [6.07, 6.45) is 2.35. The van der Waals surface area contributed by atoms with Gasteiger partial charge in [-0.2, -0.15) is 0 Å². The number of carbonyl (C=O) groups is 2. The molecule has 0 aromatic heterocycles. The summed E-state index contributed by atoms with van der Waals surface area (Å²) in [5.41, 5.74) is 0.194. The molecule has 0 aliphatic heterocycles. The van der Waals surface area contributed by atoms with Crippen LogP contribution in [0.2, 0.25) is 0 Å². The van der Waals surface area contributed by atoms with Gasteiger partial charge in [0, 0.05) is 5.56 Å². The summed E-state index contributed by atoms with van der Waals surface area (Å²) in [4.78, 5) is 21.6. The van der Waals surface area contributed by atoms with Crippen molar-refractivity contribution in [2.24, 2.45) is 0 Å². The fourth-order valence-corrected chi connectivity index (χ4v) is 1.53. The number of allylic oxidation sites excluding steroid dienone is 2. The first kappa shape index (κ1) is 13.8. The number of aldehydes is 2. The zero-order valence-corrected chi connectivity index (χ0v) is 10.1. The van der Waals surface area contributed by atoms with E-state index in [9.17, 15) is 24.9 Å². The van der Waals surface area contributed by atoms with Crippen LogP contribution in [0.25, 0.3) is 0 Å². The lowest BCUT2D eigenvalue weighted by molar-refractivity contribution is 0.111. The number of carbonyl (C=O) groups excluding carboxylic acids is 2. The van der Waals surface area contributed by atoms with Gasteiger partial charge in [-0.1, -0.05) is 11.6 Å². The van der Waals surface area contributed by atoms with Crippen LogP contribution in [0.3, 0.4) is 0 Å². The molecule has 3 N–H and O–H groups in total. The Labute approximate surface area is 104 Å². The molecule has 0 bridgehead atoms. The number of phenols is 3. The fraction of sp³-hybridized carbons (Fsp3) is 0.231. The molecule has 0 saturated heterocycles. The van der Waals surface area contributed by atoms with E-state index in [0.717, 1.165) is 5.57 Å². The van der Waals surface area contributed by atoms with E-state index in [4.69, 9.17) is 0 Å². The standard InChI is InChI=1S/C13H14O5/c1-7(2)3-4-8-11(16)9(5-14)13(18)10(6-15)12(8)17/h3,5-6,16-18H,4H2,1-2H3. The summed E-state index contributed by atoms with van der Waals surface area (Å²) < 4.78 is 0. The van der Waals surface area contributed by atoms with Gasteiger partial charge in [0.25, 0.3) is 0 Å². The van der Waals surface area contributed by atoms with Gasteiger partial charge < -0.3 is 15.3 Å². The van der Waals surface area contributed by atoms with Crippen molar-refractivity contribution in [1.29, 1.82) is 0 Å². The van der Waals surface area contributed by atoms with Crippen molar-refractivity contribution in [1.82, 2.24) is 0 Å². The van der Waals surface area contributed by atoms with E-state index in [0.29, 0.717) is 0 Å². The molecule has 1 aromatic rings. The molecule has 1 aromatic carbocycles. The van der Waals surface area contributed by atoms with Gasteiger partial charge in [-0.3, -0.25) is 9.59 Å². The SMILES string of the molecule is CC(C)=CCc1c(O)c(C=O)c(O)c(C=O)c1O. The predicted molar refractivity (Wildman–Crippen MR) is 65.3 cm³/mol. The Morgan fingerprint density at radius 2 is 1.39 bits per heavy atom. The molecular formula is C13H14O5. The normalized spacial score (nSPS) is 9.89. The Morgan fingerprint density at radius 1 is 0.944 bits per heavy atom. The van der Waals surface area contributed by atoms with Crippen LogP contribution in [0.5, 0.6) is 17.2 Å². The maximum absolute atomic E-state index is 10.8. The molecule has 0 saturated carbocycles. The summed E-state index contributed by atoms with van der Waals surface area (Å²) in [6, 6.07) is 0. The number of rotatable bonds is 4. The molecule has 0 amide bonds. The second kappa shape index (κ2) is 5.35. The molecule has 0 aliphatic rings. The molecule has 0 aliphatic carbocycles. The molecule has 5 nitrogen and oxygen atoms in total. The fourth-order valence-electron chi connectivity index (χ4n) is 1.53. The van der Waals surface area contributed by atoms with E-state index in [2.05, 4.69) is 0 Å². The van der Waals surface area contributed by atoms with Crippen LogP contribution in [-0.2, 0) is 6.42 Å². The van der Waals surface area contributed by atoms with E-state index in [1.54, 1.807) is 6.08 Å². The van der Waals surface area contributed by atoms with E-state index in [1.807, 2.05) is 13.8 Å². The molecule has 5 heteroatoms. The molecule has 0 fully saturated rings. The minimum absolute atomic E-state index is 0.0400. The minimum Gasteiger partial charge on any atom is -0.507 e. The number of hydrogen-bond donors (Lipinski definition) is 3. The molecule has 0 atom stereocenters. The maximum atomic E-state index is 10.8. The van der Waals surface area contributed by atoms with Crippen molar-refractivity contribution in [2.75, 3.05) is 0 Å². The highest BCUT2D eigenvalue weighted by molar-refractivity contribution is 5.94. The largest absolute Gasteiger partial charge is 0.507 e. The van der Waals surface area contributed by atoms with Crippen molar-refractivity contribution in [3.63, 3.8) is 0 Å². The molecule has 0 heterocycles. The first-order valence-electron chi connectivity index (χ1n) is 5.27. The Morgan fingerprint density at radius 3 is 1.72 bits per heavy atom. The average molecular weight is 250 g/mol. The first-order valence-corrected chi connectivity index (χ1v) is 5.27. The van der Waals surface area contributed by atoms with E-state index < -0.39 is 28.4 Å². The minimum atomic E-state index is -0.712. The lowest BCUT2D eigenvalue weighted by atomic mass is 9.99. The summed E-state index contributed by atoms with van der Waals surface area (Å²) in [6.45, 7) is 3.66. The number of phenolic OH excluding ortho intramolecular Hbond substituents is 3. The third kappa shape index (κ3) is 2.34. The molecule has 0 unspecified atom stereocenters. The molecular weight excluding hydrogens is 236 g/mol. The second-order valence-corrected chi connectivity index (χ2v) is 4.07. The summed E-state index contributed by atoms with van der Waals surface area (Å²) >= 11 is 0. The average Bonchev–Trinajstić information content (AvgIpc) is 2.29. The van der Waals surface area contributed by atoms with Gasteiger partial charge in [0.15, 0.2) is 12.6 Å². The lowest BCUT2D eigenvalue weighted by Crippen LogP contribution is -1.97. The Hall–Kier alpha value is -2.30. The highest BCUT2D eigenvalue weighted by atomic mass is 16.3. The molecule has 18 heavy (non-hydrogen) atoms. The van der Waals surface area contributed by atoms with Crippen LogP contribution in [0.1, 0.15) is 40.1 Å². The van der Waals surface area contributed by atoms with Crippen LogP contribution < -0.4 is 0 Å². The monoisotopic (exact) mass is 250 g/mol. The maximum Gasteiger partial charge on any atom is 0.157 e. The smallest absolute Gasteiger partial charge is 0.157 e. The summed E-state index contributed by atoms with van der Waals surface area (Å²) in [5.74, 6) is -1.73. The van der Waals surface area contributed by atoms with E-state index in [1.165, 1.54) is 0 Å². The lowest BCUT2D eigenvalue weighted by Gasteiger charge is -2.12. The highest BCUT2D eigenvalue weighted by Crippen LogP contribution is 2.40. The van der Waals surface area contributed by atoms with Crippen LogP contribution >= 0.6 is 0 Å². The quantitative estimate of drug-likeness (QED) is 0.560. The van der Waals surface area contributed by atoms with Gasteiger partial charge in [-0.15, -0.1) is 0 Å². The van der Waals surface area contributed by atoms with Crippen molar-refractivity contribution < 1.29 is 24.9 Å². The van der Waals surface area contributed by atoms with Crippen LogP contribution in [0.4, 0.5) is 0 Å². The van der Waals surface area contributed by atoms with Crippen LogP contribution in [0, 0.1) is 0 Å². The molecule has 96 valence electrons. The zero-order valence-electron chi connectivity index (χ0n) is 10.1. The van der Waals surface area contributed by atoms with Gasteiger partial charge in [-0.05, 0) is 20.3 Å². The van der Waals surface area contributed by atoms with Gasteiger partial charge in [0.2, 0.25) is 0 Å². The predicted octanol–water partition coefficient (Wildman–Crippen LogP) is 1.94. The van der Waals surface area contributed by atoms with Gasteiger partial charge in [-0.25, -0.2) is 0 Å². The molecule has 1 rings (SSSR count). The van der Waals surface area contributed by atoms with Crippen molar-refractivity contribution >= 4 is 12.6 Å². The summed E-state index contributed by atoms with van der Waals surface area (Å²) in [7, 11) is 0. The van der Waals surface area contributed by atoms with Gasteiger partial charge in [0.1, 0.15) is 17.2 Å². The van der Waals surface area contributed by atoms with Crippen LogP contribution in [0.15, 0.2) is 11.6 Å². The molecule has 0 spiro atoms. The Balaban J connectivity index is 3.55. The first-order chi connectivity index (χ1) is 8.43. The van der Waals surface area contributed by atoms with Gasteiger partial charge >= 0.3 is 0 Å². The molecule has 0 radical (unpaired) electrons. The number of benzene rings is 1. The summed E-state index contributed by atoms with van der Waals surface area (Å²) in [5, 5.41) is 29.1. The van der Waals surface area contributed by atoms with Gasteiger partial charge in [0.05, 0.1) is 11.1 Å². The zero-order chi connectivity index (χ0) is 13.9. The van der Waals surface area contributed by atoms with Crippen molar-refractivity contribution in [3.05, 3.63) is 28.3 Å². The Bertz CT molecular complexity index is 490. The Kier molecular flexibility index (Phi) is 4.09. The van der Waals surface area contributed by atoms with E-state index >= 15 is 0 Å². The number of hydrogen-bond acceptors (Lipinski definition) is 5. The second-order valence-electron chi connectivity index (χ2n) is 4.07. The topological polar surface area (TPSA) is 94.8 Å².